The van der Waals surface area contributed by atoms with Gasteiger partial charge in [-0.3, -0.25) is 9.97 Å². The molecule has 75 valence electrons. The van der Waals surface area contributed by atoms with Gasteiger partial charge in [0.2, 0.25) is 0 Å². The molecule has 1 heterocycles. The zero-order valence-corrected chi connectivity index (χ0v) is 8.85. The normalized spacial score (nSPS) is 10.2. The largest absolute Gasteiger partial charge is 0.261 e. The molecule has 0 bridgehead atoms. The Bertz CT molecular complexity index is 411. The summed E-state index contributed by atoms with van der Waals surface area (Å²) in [7, 11) is 0. The van der Waals surface area contributed by atoms with E-state index in [0.29, 0.717) is 0 Å². The van der Waals surface area contributed by atoms with Crippen LogP contribution >= 0.6 is 11.6 Å². The summed E-state index contributed by atoms with van der Waals surface area (Å²) in [5, 5.41) is 0.762. The van der Waals surface area contributed by atoms with Gasteiger partial charge in [0.1, 0.15) is 0 Å². The van der Waals surface area contributed by atoms with Gasteiger partial charge in [0.15, 0.2) is 0 Å². The molecule has 0 N–H and O–H groups in total. The summed E-state index contributed by atoms with van der Waals surface area (Å²) in [5.41, 5.74) is 2.11. The molecule has 0 atom stereocenters. The van der Waals surface area contributed by atoms with E-state index in [9.17, 15) is 0 Å². The van der Waals surface area contributed by atoms with Crippen molar-refractivity contribution in [3.8, 4) is 0 Å². The smallest absolute Gasteiger partial charge is 0.0627 e. The van der Waals surface area contributed by atoms with Crippen LogP contribution < -0.4 is 0 Å². The molecule has 0 spiro atoms. The van der Waals surface area contributed by atoms with Crippen molar-refractivity contribution in [3.63, 3.8) is 0 Å². The van der Waals surface area contributed by atoms with Crippen LogP contribution in [0, 0.1) is 6.42 Å². The Labute approximate surface area is 94.0 Å². The van der Waals surface area contributed by atoms with E-state index < -0.39 is 0 Å². The summed E-state index contributed by atoms with van der Waals surface area (Å²) in [5.74, 6) is 0. The van der Waals surface area contributed by atoms with Crippen LogP contribution in [0.2, 0.25) is 5.02 Å². The second kappa shape index (κ2) is 4.89. The molecule has 0 saturated carbocycles. The van der Waals surface area contributed by atoms with E-state index in [1.807, 2.05) is 30.7 Å². The Kier molecular flexibility index (Phi) is 3.30. The van der Waals surface area contributed by atoms with Crippen molar-refractivity contribution in [1.29, 1.82) is 0 Å². The number of aromatic nitrogens is 2. The van der Waals surface area contributed by atoms with Gasteiger partial charge in [-0.05, 0) is 24.1 Å². The molecule has 0 unspecified atom stereocenters. The summed E-state index contributed by atoms with van der Waals surface area (Å²) in [6, 6.07) is 7.80. The molecule has 1 aromatic carbocycles. The molecule has 2 nitrogen and oxygen atoms in total. The minimum atomic E-state index is 0.762. The Morgan fingerprint density at radius 1 is 1.13 bits per heavy atom. The van der Waals surface area contributed by atoms with Gasteiger partial charge in [-0.25, -0.2) is 0 Å². The van der Waals surface area contributed by atoms with Crippen LogP contribution in [-0.2, 0) is 6.42 Å². The number of benzene rings is 1. The summed E-state index contributed by atoms with van der Waals surface area (Å²) in [6.07, 6.45) is 7.98. The maximum atomic E-state index is 5.80. The SMILES string of the molecule is Clc1ccc(C[CH]c2cnccn2)cc1. The Morgan fingerprint density at radius 2 is 1.93 bits per heavy atom. The van der Waals surface area contributed by atoms with Gasteiger partial charge in [-0.15, -0.1) is 0 Å². The number of nitrogens with zero attached hydrogens (tertiary/aromatic N) is 2. The number of hydrogen-bond donors (Lipinski definition) is 0. The maximum Gasteiger partial charge on any atom is 0.0627 e. The van der Waals surface area contributed by atoms with E-state index in [2.05, 4.69) is 9.97 Å². The third kappa shape index (κ3) is 3.03. The zero-order chi connectivity index (χ0) is 10.5. The van der Waals surface area contributed by atoms with Crippen molar-refractivity contribution in [2.45, 2.75) is 6.42 Å². The van der Waals surface area contributed by atoms with Crippen molar-refractivity contribution in [2.75, 3.05) is 0 Å². The minimum Gasteiger partial charge on any atom is -0.261 e. The summed E-state index contributed by atoms with van der Waals surface area (Å²) < 4.78 is 0. The van der Waals surface area contributed by atoms with E-state index in [1.54, 1.807) is 18.6 Å². The van der Waals surface area contributed by atoms with Gasteiger partial charge in [-0.2, -0.15) is 0 Å². The Morgan fingerprint density at radius 3 is 2.60 bits per heavy atom. The first-order valence-corrected chi connectivity index (χ1v) is 5.06. The summed E-state index contributed by atoms with van der Waals surface area (Å²) >= 11 is 5.80. The highest BCUT2D eigenvalue weighted by Gasteiger charge is 1.97. The van der Waals surface area contributed by atoms with E-state index in [1.165, 1.54) is 5.56 Å². The van der Waals surface area contributed by atoms with Gasteiger partial charge in [-0.1, -0.05) is 23.7 Å². The van der Waals surface area contributed by atoms with Crippen LogP contribution in [0.25, 0.3) is 0 Å². The number of rotatable bonds is 3. The van der Waals surface area contributed by atoms with Crippen LogP contribution in [0.15, 0.2) is 42.9 Å². The first-order chi connectivity index (χ1) is 7.34. The third-order valence-electron chi connectivity index (χ3n) is 2.04. The second-order valence-electron chi connectivity index (χ2n) is 3.16. The van der Waals surface area contributed by atoms with Crippen LogP contribution in [0.5, 0.6) is 0 Å². The van der Waals surface area contributed by atoms with Crippen LogP contribution in [0.3, 0.4) is 0 Å². The summed E-state index contributed by atoms with van der Waals surface area (Å²) in [4.78, 5) is 8.16. The minimum absolute atomic E-state index is 0.762. The van der Waals surface area contributed by atoms with Gasteiger partial charge in [0.05, 0.1) is 5.69 Å². The second-order valence-corrected chi connectivity index (χ2v) is 3.60. The zero-order valence-electron chi connectivity index (χ0n) is 8.10. The van der Waals surface area contributed by atoms with E-state index in [4.69, 9.17) is 11.6 Å². The molecule has 0 aliphatic rings. The highest BCUT2D eigenvalue weighted by molar-refractivity contribution is 6.30. The molecule has 0 aliphatic heterocycles. The molecule has 1 radical (unpaired) electrons. The fraction of sp³-hybridized carbons (Fsp3) is 0.0833. The lowest BCUT2D eigenvalue weighted by molar-refractivity contribution is 1.06. The van der Waals surface area contributed by atoms with Crippen molar-refractivity contribution in [2.24, 2.45) is 0 Å². The molecular formula is C12H10ClN2. The highest BCUT2D eigenvalue weighted by atomic mass is 35.5. The molecule has 1 aromatic heterocycles. The van der Waals surface area contributed by atoms with Crippen LogP contribution in [0.1, 0.15) is 11.3 Å². The maximum absolute atomic E-state index is 5.80. The number of hydrogen-bond acceptors (Lipinski definition) is 2. The quantitative estimate of drug-likeness (QED) is 0.790. The molecule has 0 amide bonds. The molecule has 0 aliphatic carbocycles. The molecule has 0 fully saturated rings. The molecule has 3 heteroatoms. The monoisotopic (exact) mass is 217 g/mol. The van der Waals surface area contributed by atoms with Crippen molar-refractivity contribution < 1.29 is 0 Å². The van der Waals surface area contributed by atoms with Gasteiger partial charge < -0.3 is 0 Å². The van der Waals surface area contributed by atoms with Gasteiger partial charge >= 0.3 is 0 Å². The number of halogens is 1. The van der Waals surface area contributed by atoms with Crippen molar-refractivity contribution in [3.05, 3.63) is 65.6 Å². The lowest BCUT2D eigenvalue weighted by atomic mass is 10.1. The van der Waals surface area contributed by atoms with Crippen molar-refractivity contribution in [1.82, 2.24) is 9.97 Å². The van der Waals surface area contributed by atoms with E-state index in [0.717, 1.165) is 17.1 Å². The lowest BCUT2D eigenvalue weighted by Crippen LogP contribution is -1.91. The molecule has 0 saturated heterocycles. The van der Waals surface area contributed by atoms with Crippen LogP contribution in [-0.4, -0.2) is 9.97 Å². The Balaban J connectivity index is 1.96. The molecule has 15 heavy (non-hydrogen) atoms. The first-order valence-electron chi connectivity index (χ1n) is 4.68. The van der Waals surface area contributed by atoms with E-state index >= 15 is 0 Å². The first kappa shape index (κ1) is 10.1. The molecule has 2 rings (SSSR count). The lowest BCUT2D eigenvalue weighted by Gasteiger charge is -2.00. The van der Waals surface area contributed by atoms with Crippen molar-refractivity contribution >= 4 is 11.6 Å². The predicted molar refractivity (Wildman–Crippen MR) is 60.6 cm³/mol. The predicted octanol–water partition coefficient (Wildman–Crippen LogP) is 2.93. The third-order valence-corrected chi connectivity index (χ3v) is 2.30. The van der Waals surface area contributed by atoms with Gasteiger partial charge in [0, 0.05) is 30.0 Å². The average molecular weight is 218 g/mol. The fourth-order valence-corrected chi connectivity index (χ4v) is 1.38. The van der Waals surface area contributed by atoms with Gasteiger partial charge in [0.25, 0.3) is 0 Å². The topological polar surface area (TPSA) is 25.8 Å². The summed E-state index contributed by atoms with van der Waals surface area (Å²) in [6.45, 7) is 0. The highest BCUT2D eigenvalue weighted by Crippen LogP contribution is 2.11. The average Bonchev–Trinajstić information content (AvgIpc) is 2.30. The fourth-order valence-electron chi connectivity index (χ4n) is 1.26. The standard InChI is InChI=1S/C12H10ClN2/c13-11-4-1-10(2-5-11)3-6-12-9-14-7-8-15-12/h1-2,4-9H,3H2. The Hall–Kier alpha value is -1.41. The van der Waals surface area contributed by atoms with E-state index in [-0.39, 0.29) is 0 Å². The van der Waals surface area contributed by atoms with Crippen LogP contribution in [0.4, 0.5) is 0 Å². The molecular weight excluding hydrogens is 208 g/mol. The molecule has 2 aromatic rings.